The minimum atomic E-state index is -1.58. The zero-order chi connectivity index (χ0) is 21.3. The SMILES string of the molecule is CCCCCCCCCCCC[P+](=O)c1cccc2cc3cccc(O)c3c(O)c12. The van der Waals surface area contributed by atoms with Gasteiger partial charge in [-0.05, 0) is 41.8 Å². The van der Waals surface area contributed by atoms with Crippen molar-refractivity contribution in [2.75, 3.05) is 6.16 Å². The van der Waals surface area contributed by atoms with E-state index in [1.807, 2.05) is 30.3 Å². The number of hydrogen-bond donors (Lipinski definition) is 2. The number of unbranched alkanes of at least 4 members (excludes halogenated alkanes) is 9. The highest BCUT2D eigenvalue weighted by Gasteiger charge is 2.25. The van der Waals surface area contributed by atoms with Crippen LogP contribution in [-0.2, 0) is 4.57 Å². The number of fused-ring (bicyclic) bond motifs is 2. The summed E-state index contributed by atoms with van der Waals surface area (Å²) in [7, 11) is -1.58. The van der Waals surface area contributed by atoms with Crippen molar-refractivity contribution < 1.29 is 14.8 Å². The van der Waals surface area contributed by atoms with Gasteiger partial charge in [0.1, 0.15) is 11.5 Å². The van der Waals surface area contributed by atoms with Crippen molar-refractivity contribution in [2.45, 2.75) is 71.1 Å². The molecule has 0 saturated heterocycles. The van der Waals surface area contributed by atoms with Crippen molar-refractivity contribution >= 4 is 34.7 Å². The molecular formula is C26H34O3P+. The average molecular weight is 426 g/mol. The summed E-state index contributed by atoms with van der Waals surface area (Å²) < 4.78 is 13.0. The Morgan fingerprint density at radius 2 is 1.30 bits per heavy atom. The van der Waals surface area contributed by atoms with Crippen LogP contribution in [0.5, 0.6) is 11.5 Å². The van der Waals surface area contributed by atoms with Crippen LogP contribution in [0, 0.1) is 0 Å². The lowest BCUT2D eigenvalue weighted by Gasteiger charge is -2.08. The fraction of sp³-hybridized carbons (Fsp3) is 0.462. The Bertz CT molecular complexity index is 996. The zero-order valence-electron chi connectivity index (χ0n) is 18.1. The topological polar surface area (TPSA) is 57.5 Å². The van der Waals surface area contributed by atoms with Crippen LogP contribution in [0.3, 0.4) is 0 Å². The second kappa shape index (κ2) is 11.3. The first-order valence-corrected chi connectivity index (χ1v) is 12.9. The van der Waals surface area contributed by atoms with Gasteiger partial charge in [-0.3, -0.25) is 0 Å². The zero-order valence-corrected chi connectivity index (χ0v) is 19.0. The summed E-state index contributed by atoms with van der Waals surface area (Å²) in [5.41, 5.74) is 0. The first kappa shape index (κ1) is 22.6. The molecule has 0 saturated carbocycles. The predicted octanol–water partition coefficient (Wildman–Crippen LogP) is 7.78. The molecule has 0 aromatic heterocycles. The van der Waals surface area contributed by atoms with Crippen molar-refractivity contribution in [2.24, 2.45) is 0 Å². The van der Waals surface area contributed by atoms with Gasteiger partial charge in [0.2, 0.25) is 5.30 Å². The highest BCUT2D eigenvalue weighted by molar-refractivity contribution is 7.54. The van der Waals surface area contributed by atoms with E-state index in [0.29, 0.717) is 22.2 Å². The third-order valence-electron chi connectivity index (χ3n) is 5.92. The third-order valence-corrected chi connectivity index (χ3v) is 7.55. The Labute approximate surface area is 180 Å². The molecule has 1 unspecified atom stereocenters. The molecule has 3 nitrogen and oxygen atoms in total. The van der Waals surface area contributed by atoms with Gasteiger partial charge in [0.15, 0.2) is 6.16 Å². The molecule has 0 aliphatic rings. The Morgan fingerprint density at radius 1 is 0.733 bits per heavy atom. The monoisotopic (exact) mass is 425 g/mol. The van der Waals surface area contributed by atoms with E-state index >= 15 is 0 Å². The maximum absolute atomic E-state index is 13.0. The summed E-state index contributed by atoms with van der Waals surface area (Å²) in [5.74, 6) is 0.0780. The maximum Gasteiger partial charge on any atom is 0.377 e. The van der Waals surface area contributed by atoms with Crippen molar-refractivity contribution in [3.05, 3.63) is 42.5 Å². The Hall–Kier alpha value is -2.12. The van der Waals surface area contributed by atoms with E-state index in [1.165, 1.54) is 51.4 Å². The second-order valence-electron chi connectivity index (χ2n) is 8.26. The maximum atomic E-state index is 13.0. The van der Waals surface area contributed by atoms with E-state index < -0.39 is 7.80 Å². The molecule has 0 aliphatic carbocycles. The van der Waals surface area contributed by atoms with Crippen molar-refractivity contribution in [3.8, 4) is 11.5 Å². The number of aromatic hydroxyl groups is 2. The van der Waals surface area contributed by atoms with Crippen LogP contribution in [0.25, 0.3) is 21.5 Å². The van der Waals surface area contributed by atoms with Gasteiger partial charge in [-0.15, -0.1) is 0 Å². The van der Waals surface area contributed by atoms with E-state index in [1.54, 1.807) is 12.1 Å². The van der Waals surface area contributed by atoms with Crippen molar-refractivity contribution in [1.82, 2.24) is 0 Å². The molecule has 3 rings (SSSR count). The average Bonchev–Trinajstić information content (AvgIpc) is 2.74. The smallest absolute Gasteiger partial charge is 0.377 e. The van der Waals surface area contributed by atoms with Crippen LogP contribution in [0.4, 0.5) is 0 Å². The van der Waals surface area contributed by atoms with Crippen LogP contribution >= 0.6 is 7.80 Å². The van der Waals surface area contributed by atoms with E-state index in [4.69, 9.17) is 0 Å². The van der Waals surface area contributed by atoms with Gasteiger partial charge in [0, 0.05) is 0 Å². The second-order valence-corrected chi connectivity index (χ2v) is 9.95. The minimum absolute atomic E-state index is 0.0302. The molecule has 0 spiro atoms. The highest BCUT2D eigenvalue weighted by atomic mass is 31.1. The van der Waals surface area contributed by atoms with Crippen molar-refractivity contribution in [3.63, 3.8) is 0 Å². The van der Waals surface area contributed by atoms with E-state index in [2.05, 4.69) is 6.92 Å². The molecule has 0 fully saturated rings. The molecular weight excluding hydrogens is 391 g/mol. The van der Waals surface area contributed by atoms with Crippen LogP contribution in [-0.4, -0.2) is 16.4 Å². The van der Waals surface area contributed by atoms with Crippen LogP contribution in [0.15, 0.2) is 42.5 Å². The van der Waals surface area contributed by atoms with Gasteiger partial charge in [-0.1, -0.05) is 87.1 Å². The third kappa shape index (κ3) is 5.52. The van der Waals surface area contributed by atoms with Gasteiger partial charge < -0.3 is 10.2 Å². The first-order valence-electron chi connectivity index (χ1n) is 11.4. The molecule has 0 heterocycles. The summed E-state index contributed by atoms with van der Waals surface area (Å²) in [6.45, 7) is 2.25. The van der Waals surface area contributed by atoms with Crippen molar-refractivity contribution in [1.29, 1.82) is 0 Å². The predicted molar refractivity (Wildman–Crippen MR) is 129 cm³/mol. The largest absolute Gasteiger partial charge is 0.507 e. The molecule has 0 bridgehead atoms. The van der Waals surface area contributed by atoms with Crippen LogP contribution in [0.2, 0.25) is 0 Å². The molecule has 2 N–H and O–H groups in total. The molecule has 0 radical (unpaired) electrons. The number of rotatable bonds is 12. The molecule has 3 aromatic carbocycles. The van der Waals surface area contributed by atoms with Gasteiger partial charge >= 0.3 is 7.80 Å². The fourth-order valence-corrected chi connectivity index (χ4v) is 5.72. The molecule has 3 aromatic rings. The first-order chi connectivity index (χ1) is 14.6. The Balaban J connectivity index is 1.59. The number of benzene rings is 3. The number of phenolic OH excluding ortho intramolecular Hbond substituents is 2. The summed E-state index contributed by atoms with van der Waals surface area (Å²) in [5, 5.41) is 24.5. The quantitative estimate of drug-likeness (QED) is 0.177. The summed E-state index contributed by atoms with van der Waals surface area (Å²) >= 11 is 0. The summed E-state index contributed by atoms with van der Waals surface area (Å²) in [4.78, 5) is 0. The normalized spacial score (nSPS) is 12.0. The van der Waals surface area contributed by atoms with Gasteiger partial charge in [0.25, 0.3) is 0 Å². The minimum Gasteiger partial charge on any atom is -0.507 e. The molecule has 0 amide bonds. The van der Waals surface area contributed by atoms with Gasteiger partial charge in [-0.25, -0.2) is 0 Å². The Morgan fingerprint density at radius 3 is 1.97 bits per heavy atom. The Kier molecular flexibility index (Phi) is 8.51. The standard InChI is InChI=1S/C26H33O3P/c1-2-3-4-5-6-7-8-9-10-11-18-30(29)23-17-13-15-21-19-20-14-12-16-22(27)24(20)26(28)25(21)23/h12-17,19H,2-11,18H2,1H3,(H-,27,28)/p+1. The van der Waals surface area contributed by atoms with Crippen LogP contribution < -0.4 is 5.30 Å². The molecule has 0 aliphatic heterocycles. The number of hydrogen-bond acceptors (Lipinski definition) is 3. The molecule has 1 atom stereocenters. The van der Waals surface area contributed by atoms with Gasteiger partial charge in [-0.2, -0.15) is 0 Å². The summed E-state index contributed by atoms with van der Waals surface area (Å²) in [6, 6.07) is 12.8. The lowest BCUT2D eigenvalue weighted by molar-refractivity contribution is 0.467. The van der Waals surface area contributed by atoms with Crippen LogP contribution in [0.1, 0.15) is 71.1 Å². The summed E-state index contributed by atoms with van der Waals surface area (Å²) in [6.07, 6.45) is 13.2. The molecule has 4 heteroatoms. The lowest BCUT2D eigenvalue weighted by Crippen LogP contribution is -2.01. The highest BCUT2D eigenvalue weighted by Crippen LogP contribution is 2.40. The van der Waals surface area contributed by atoms with E-state index in [0.717, 1.165) is 23.6 Å². The van der Waals surface area contributed by atoms with E-state index in [-0.39, 0.29) is 11.5 Å². The molecule has 30 heavy (non-hydrogen) atoms. The lowest BCUT2D eigenvalue weighted by atomic mass is 10.0. The van der Waals surface area contributed by atoms with E-state index in [9.17, 15) is 14.8 Å². The number of phenols is 2. The fourth-order valence-electron chi connectivity index (χ4n) is 4.24. The van der Waals surface area contributed by atoms with Gasteiger partial charge in [0.05, 0.1) is 10.8 Å². The molecule has 160 valence electrons.